The van der Waals surface area contributed by atoms with E-state index in [1.54, 1.807) is 13.8 Å². The number of thiophene rings is 1. The van der Waals surface area contributed by atoms with Gasteiger partial charge >= 0.3 is 7.60 Å². The monoisotopic (exact) mass is 327 g/mol. The van der Waals surface area contributed by atoms with E-state index >= 15 is 0 Å². The second-order valence-electron chi connectivity index (χ2n) is 2.89. The Labute approximate surface area is 108 Å². The van der Waals surface area contributed by atoms with Crippen LogP contribution in [-0.2, 0) is 13.6 Å². The van der Waals surface area contributed by atoms with Gasteiger partial charge in [0.2, 0.25) is 0 Å². The molecule has 0 aliphatic heterocycles. The van der Waals surface area contributed by atoms with Crippen molar-refractivity contribution >= 4 is 39.9 Å². The van der Waals surface area contributed by atoms with Crippen molar-refractivity contribution < 1.29 is 13.6 Å². The minimum Gasteiger partial charge on any atom is -0.366 e. The molecular formula is C9H15BrNO3PS. The molecular weight excluding hydrogens is 313 g/mol. The summed E-state index contributed by atoms with van der Waals surface area (Å²) in [6.07, 6.45) is 0.196. The number of halogens is 1. The Kier molecular flexibility index (Phi) is 6.00. The lowest BCUT2D eigenvalue weighted by molar-refractivity contribution is 0.221. The van der Waals surface area contributed by atoms with Crippen LogP contribution in [0.4, 0.5) is 5.00 Å². The number of hydrogen-bond donors (Lipinski definition) is 1. The first-order valence-electron chi connectivity index (χ1n) is 4.97. The minimum absolute atomic E-state index is 0.196. The van der Waals surface area contributed by atoms with Crippen LogP contribution in [0.3, 0.4) is 0 Å². The SMILES string of the molecule is CCOP(=O)(CNc1ccc(Br)s1)OCC. The highest BCUT2D eigenvalue weighted by Crippen LogP contribution is 2.47. The molecule has 0 aliphatic carbocycles. The van der Waals surface area contributed by atoms with Crippen molar-refractivity contribution in [2.24, 2.45) is 0 Å². The van der Waals surface area contributed by atoms with Gasteiger partial charge in [-0.05, 0) is 41.9 Å². The first-order valence-corrected chi connectivity index (χ1v) is 8.30. The molecule has 0 radical (unpaired) electrons. The Morgan fingerprint density at radius 3 is 2.44 bits per heavy atom. The molecule has 1 heterocycles. The van der Waals surface area contributed by atoms with Gasteiger partial charge < -0.3 is 14.4 Å². The number of hydrogen-bond acceptors (Lipinski definition) is 5. The lowest BCUT2D eigenvalue weighted by Crippen LogP contribution is -2.07. The van der Waals surface area contributed by atoms with Crippen LogP contribution in [-0.4, -0.2) is 19.5 Å². The van der Waals surface area contributed by atoms with E-state index in [0.29, 0.717) is 13.2 Å². The zero-order chi connectivity index (χ0) is 12.0. The molecule has 7 heteroatoms. The van der Waals surface area contributed by atoms with Gasteiger partial charge in [-0.1, -0.05) is 0 Å². The van der Waals surface area contributed by atoms with Crippen molar-refractivity contribution in [2.45, 2.75) is 13.8 Å². The quantitative estimate of drug-likeness (QED) is 0.764. The molecule has 0 saturated heterocycles. The lowest BCUT2D eigenvalue weighted by Gasteiger charge is -2.17. The maximum Gasteiger partial charge on any atom is 0.349 e. The fourth-order valence-corrected chi connectivity index (χ4v) is 3.90. The highest BCUT2D eigenvalue weighted by Gasteiger charge is 2.23. The van der Waals surface area contributed by atoms with Crippen LogP contribution in [0.1, 0.15) is 13.8 Å². The molecule has 0 saturated carbocycles. The highest BCUT2D eigenvalue weighted by molar-refractivity contribution is 9.11. The standard InChI is InChI=1S/C9H15BrNO3PS/c1-3-13-15(12,14-4-2)7-11-9-6-5-8(10)16-9/h5-6,11H,3-4,7H2,1-2H3. The van der Waals surface area contributed by atoms with Crippen molar-refractivity contribution in [3.05, 3.63) is 15.9 Å². The summed E-state index contributed by atoms with van der Waals surface area (Å²) in [5.41, 5.74) is 0. The van der Waals surface area contributed by atoms with Crippen LogP contribution in [0.5, 0.6) is 0 Å². The van der Waals surface area contributed by atoms with Crippen LogP contribution < -0.4 is 5.32 Å². The molecule has 16 heavy (non-hydrogen) atoms. The van der Waals surface area contributed by atoms with E-state index in [0.717, 1.165) is 8.79 Å². The van der Waals surface area contributed by atoms with Crippen LogP contribution in [0.15, 0.2) is 15.9 Å². The van der Waals surface area contributed by atoms with Gasteiger partial charge in [0.15, 0.2) is 0 Å². The molecule has 0 spiro atoms. The van der Waals surface area contributed by atoms with Gasteiger partial charge in [-0.2, -0.15) is 0 Å². The maximum atomic E-state index is 12.1. The van der Waals surface area contributed by atoms with Gasteiger partial charge in [0.05, 0.1) is 22.0 Å². The third kappa shape index (κ3) is 4.55. The normalized spacial score (nSPS) is 11.7. The molecule has 1 N–H and O–H groups in total. The molecule has 0 aliphatic rings. The number of anilines is 1. The Morgan fingerprint density at radius 2 is 2.00 bits per heavy atom. The average molecular weight is 328 g/mol. The predicted molar refractivity (Wildman–Crippen MR) is 71.4 cm³/mol. The second kappa shape index (κ2) is 6.77. The molecule has 4 nitrogen and oxygen atoms in total. The molecule has 0 unspecified atom stereocenters. The van der Waals surface area contributed by atoms with Gasteiger partial charge in [-0.15, -0.1) is 11.3 Å². The van der Waals surface area contributed by atoms with Crippen molar-refractivity contribution in [2.75, 3.05) is 24.8 Å². The Hall–Kier alpha value is 0.130. The minimum atomic E-state index is -3.00. The van der Waals surface area contributed by atoms with Crippen molar-refractivity contribution in [1.29, 1.82) is 0 Å². The molecule has 0 aromatic carbocycles. The third-order valence-electron chi connectivity index (χ3n) is 1.67. The van der Waals surface area contributed by atoms with Crippen LogP contribution in [0.25, 0.3) is 0 Å². The molecule has 1 aromatic heterocycles. The van der Waals surface area contributed by atoms with Crippen LogP contribution in [0.2, 0.25) is 0 Å². The average Bonchev–Trinajstić information content (AvgIpc) is 2.62. The summed E-state index contributed by atoms with van der Waals surface area (Å²) in [5.74, 6) is 0. The second-order valence-corrected chi connectivity index (χ2v) is 7.40. The van der Waals surface area contributed by atoms with E-state index in [1.807, 2.05) is 12.1 Å². The van der Waals surface area contributed by atoms with Gasteiger partial charge in [-0.3, -0.25) is 4.57 Å². The van der Waals surface area contributed by atoms with Crippen LogP contribution in [0, 0.1) is 0 Å². The zero-order valence-corrected chi connectivity index (χ0v) is 12.5. The number of rotatable bonds is 7. The third-order valence-corrected chi connectivity index (χ3v) is 5.10. The van der Waals surface area contributed by atoms with Gasteiger partial charge in [0.25, 0.3) is 0 Å². The first kappa shape index (κ1) is 14.2. The van der Waals surface area contributed by atoms with E-state index in [-0.39, 0.29) is 6.29 Å². The van der Waals surface area contributed by atoms with Gasteiger partial charge in [0.1, 0.15) is 6.29 Å². The molecule has 0 bridgehead atoms. The van der Waals surface area contributed by atoms with E-state index in [2.05, 4.69) is 21.2 Å². The molecule has 0 fully saturated rings. The summed E-state index contributed by atoms with van der Waals surface area (Å²) < 4.78 is 23.4. The fraction of sp³-hybridized carbons (Fsp3) is 0.556. The van der Waals surface area contributed by atoms with Gasteiger partial charge in [0, 0.05) is 0 Å². The summed E-state index contributed by atoms with van der Waals surface area (Å²) >= 11 is 4.90. The molecule has 0 atom stereocenters. The van der Waals surface area contributed by atoms with Crippen LogP contribution >= 0.6 is 34.9 Å². The molecule has 1 rings (SSSR count). The largest absolute Gasteiger partial charge is 0.366 e. The molecule has 1 aromatic rings. The first-order chi connectivity index (χ1) is 7.59. The highest BCUT2D eigenvalue weighted by atomic mass is 79.9. The lowest BCUT2D eigenvalue weighted by atomic mass is 10.6. The van der Waals surface area contributed by atoms with Crippen molar-refractivity contribution in [1.82, 2.24) is 0 Å². The maximum absolute atomic E-state index is 12.1. The molecule has 0 amide bonds. The van der Waals surface area contributed by atoms with Crippen molar-refractivity contribution in [3.8, 4) is 0 Å². The number of nitrogens with one attached hydrogen (secondary N) is 1. The van der Waals surface area contributed by atoms with E-state index in [1.165, 1.54) is 11.3 Å². The van der Waals surface area contributed by atoms with Gasteiger partial charge in [-0.25, -0.2) is 0 Å². The van der Waals surface area contributed by atoms with E-state index < -0.39 is 7.60 Å². The summed E-state index contributed by atoms with van der Waals surface area (Å²) in [7, 11) is -3.00. The Morgan fingerprint density at radius 1 is 1.38 bits per heavy atom. The van der Waals surface area contributed by atoms with E-state index in [9.17, 15) is 4.57 Å². The Bertz CT molecular complexity index is 361. The fourth-order valence-electron chi connectivity index (χ4n) is 1.11. The van der Waals surface area contributed by atoms with E-state index in [4.69, 9.17) is 9.05 Å². The molecule has 92 valence electrons. The smallest absolute Gasteiger partial charge is 0.349 e. The zero-order valence-electron chi connectivity index (χ0n) is 9.23. The Balaban J connectivity index is 2.53. The van der Waals surface area contributed by atoms with Crippen molar-refractivity contribution in [3.63, 3.8) is 0 Å². The summed E-state index contributed by atoms with van der Waals surface area (Å²) in [6.45, 7) is 4.36. The summed E-state index contributed by atoms with van der Waals surface area (Å²) in [5, 5.41) is 3.99. The topological polar surface area (TPSA) is 47.6 Å². The predicted octanol–water partition coefficient (Wildman–Crippen LogP) is 4.15. The summed E-state index contributed by atoms with van der Waals surface area (Å²) in [6, 6.07) is 3.84. The summed E-state index contributed by atoms with van der Waals surface area (Å²) in [4.78, 5) is 0.